The minimum Gasteiger partial charge on any atom is -0.462 e. The van der Waals surface area contributed by atoms with Gasteiger partial charge in [0.05, 0.1) is 36.1 Å². The molecule has 0 radical (unpaired) electrons. The Kier molecular flexibility index (Phi) is 6.98. The van der Waals surface area contributed by atoms with Crippen LogP contribution in [0.25, 0.3) is 11.0 Å². The average Bonchev–Trinajstić information content (AvgIpc) is 3.29. The van der Waals surface area contributed by atoms with E-state index in [1.807, 2.05) is 4.90 Å². The number of aromatic nitrogens is 2. The number of hydrogen-bond donors (Lipinski definition) is 1. The summed E-state index contributed by atoms with van der Waals surface area (Å²) in [6, 6.07) is 11.6. The van der Waals surface area contributed by atoms with E-state index in [1.165, 1.54) is 4.31 Å². The molecule has 1 aliphatic rings. The zero-order valence-corrected chi connectivity index (χ0v) is 19.6. The normalized spacial score (nSPS) is 15.4. The maximum absolute atomic E-state index is 13.1. The fraction of sp³-hybridized carbons (Fsp3) is 0.333. The Morgan fingerprint density at radius 3 is 2.58 bits per heavy atom. The molecule has 0 unspecified atom stereocenters. The number of nitrogens with one attached hydrogen (secondary N) is 1. The van der Waals surface area contributed by atoms with Gasteiger partial charge in [0.1, 0.15) is 15.9 Å². The molecule has 1 aromatic heterocycles. The first-order valence-electron chi connectivity index (χ1n) is 10.4. The number of hydrogen-bond acceptors (Lipinski definition) is 9. The number of carbonyl (C=O) groups excluding carboxylic acids is 2. The van der Waals surface area contributed by atoms with Crippen molar-refractivity contribution in [2.75, 3.05) is 44.6 Å². The highest BCUT2D eigenvalue weighted by Crippen LogP contribution is 2.25. The average molecular weight is 490 g/mol. The lowest BCUT2D eigenvalue weighted by Crippen LogP contribution is -2.50. The molecule has 174 valence electrons. The number of nitrogens with zero attached hydrogens (tertiary/aromatic N) is 4. The van der Waals surface area contributed by atoms with Gasteiger partial charge in [-0.3, -0.25) is 9.69 Å². The van der Waals surface area contributed by atoms with Gasteiger partial charge < -0.3 is 10.1 Å². The molecule has 1 fully saturated rings. The van der Waals surface area contributed by atoms with Gasteiger partial charge in [-0.2, -0.15) is 13.1 Å². The number of rotatable bonds is 7. The van der Waals surface area contributed by atoms with E-state index in [4.69, 9.17) is 4.74 Å². The van der Waals surface area contributed by atoms with Gasteiger partial charge in [0.25, 0.3) is 0 Å². The smallest absolute Gasteiger partial charge is 0.340 e. The molecule has 0 aliphatic carbocycles. The zero-order valence-electron chi connectivity index (χ0n) is 17.9. The number of carbonyl (C=O) groups is 2. The van der Waals surface area contributed by atoms with E-state index in [-0.39, 0.29) is 42.6 Å². The summed E-state index contributed by atoms with van der Waals surface area (Å²) in [5.74, 6) is -0.793. The number of anilines is 1. The van der Waals surface area contributed by atoms with Crippen LogP contribution in [-0.4, -0.2) is 77.6 Å². The van der Waals surface area contributed by atoms with E-state index in [0.29, 0.717) is 29.8 Å². The lowest BCUT2D eigenvalue weighted by atomic mass is 10.2. The van der Waals surface area contributed by atoms with Crippen molar-refractivity contribution in [1.82, 2.24) is 18.0 Å². The van der Waals surface area contributed by atoms with Crippen molar-refractivity contribution in [3.05, 3.63) is 48.0 Å². The molecule has 3 aromatic rings. The standard InChI is InChI=1S/C21H23N5O5S2/c1-2-31-21(28)15-6-3-4-7-16(15)22-19(27)14-25-10-12-26(13-11-25)33(29,30)18-9-5-8-17-20(18)24-32-23-17/h3-9H,2,10-14H2,1H3,(H,22,27). The van der Waals surface area contributed by atoms with Gasteiger partial charge in [0.15, 0.2) is 0 Å². The highest BCUT2D eigenvalue weighted by molar-refractivity contribution is 7.89. The molecule has 0 spiro atoms. The van der Waals surface area contributed by atoms with Crippen molar-refractivity contribution in [3.63, 3.8) is 0 Å². The topological polar surface area (TPSA) is 122 Å². The highest BCUT2D eigenvalue weighted by atomic mass is 32.2. The second-order valence-electron chi connectivity index (χ2n) is 7.38. The van der Waals surface area contributed by atoms with Crippen LogP contribution in [0, 0.1) is 0 Å². The number of piperazine rings is 1. The molecule has 0 bridgehead atoms. The quantitative estimate of drug-likeness (QED) is 0.499. The van der Waals surface area contributed by atoms with Crippen LogP contribution < -0.4 is 5.32 Å². The maximum atomic E-state index is 13.1. The van der Waals surface area contributed by atoms with Gasteiger partial charge in [-0.1, -0.05) is 18.2 Å². The van der Waals surface area contributed by atoms with Crippen molar-refractivity contribution in [2.24, 2.45) is 0 Å². The minimum absolute atomic E-state index is 0.0800. The second-order valence-corrected chi connectivity index (χ2v) is 9.82. The molecule has 2 aromatic carbocycles. The fourth-order valence-electron chi connectivity index (χ4n) is 3.63. The molecule has 1 saturated heterocycles. The summed E-state index contributed by atoms with van der Waals surface area (Å²) in [6.07, 6.45) is 0. The van der Waals surface area contributed by atoms with Crippen LogP contribution in [0.15, 0.2) is 47.4 Å². The van der Waals surface area contributed by atoms with Gasteiger partial charge in [-0.05, 0) is 31.2 Å². The van der Waals surface area contributed by atoms with E-state index in [2.05, 4.69) is 14.1 Å². The van der Waals surface area contributed by atoms with Crippen LogP contribution in [-0.2, 0) is 19.6 Å². The van der Waals surface area contributed by atoms with Crippen molar-refractivity contribution < 1.29 is 22.7 Å². The molecule has 4 rings (SSSR count). The molecule has 33 heavy (non-hydrogen) atoms. The first kappa shape index (κ1) is 23.2. The first-order valence-corrected chi connectivity index (χ1v) is 12.6. The molecule has 1 amide bonds. The van der Waals surface area contributed by atoms with Crippen LogP contribution >= 0.6 is 11.7 Å². The maximum Gasteiger partial charge on any atom is 0.340 e. The summed E-state index contributed by atoms with van der Waals surface area (Å²) < 4.78 is 41.0. The Morgan fingerprint density at radius 2 is 1.82 bits per heavy atom. The van der Waals surface area contributed by atoms with E-state index in [0.717, 1.165) is 11.7 Å². The van der Waals surface area contributed by atoms with E-state index in [1.54, 1.807) is 49.4 Å². The van der Waals surface area contributed by atoms with E-state index in [9.17, 15) is 18.0 Å². The summed E-state index contributed by atoms with van der Waals surface area (Å²) >= 11 is 0.978. The summed E-state index contributed by atoms with van der Waals surface area (Å²) in [5.41, 5.74) is 1.60. The van der Waals surface area contributed by atoms with Crippen LogP contribution in [0.1, 0.15) is 17.3 Å². The van der Waals surface area contributed by atoms with Gasteiger partial charge in [-0.15, -0.1) is 0 Å². The van der Waals surface area contributed by atoms with Crippen LogP contribution in [0.4, 0.5) is 5.69 Å². The summed E-state index contributed by atoms with van der Waals surface area (Å²) in [5, 5.41) is 2.75. The van der Waals surface area contributed by atoms with Crippen molar-refractivity contribution >= 4 is 50.3 Å². The Balaban J connectivity index is 1.37. The van der Waals surface area contributed by atoms with Gasteiger partial charge >= 0.3 is 5.97 Å². The fourth-order valence-corrected chi connectivity index (χ4v) is 5.80. The third-order valence-electron chi connectivity index (χ3n) is 5.26. The molecule has 2 heterocycles. The molecule has 0 saturated carbocycles. The van der Waals surface area contributed by atoms with Gasteiger partial charge in [0.2, 0.25) is 15.9 Å². The third kappa shape index (κ3) is 5.03. The Labute approximate surface area is 195 Å². The number of ether oxygens (including phenoxy) is 1. The second kappa shape index (κ2) is 9.91. The molecular formula is C21H23N5O5S2. The van der Waals surface area contributed by atoms with Crippen LogP contribution in [0.3, 0.4) is 0 Å². The molecular weight excluding hydrogens is 466 g/mol. The van der Waals surface area contributed by atoms with Crippen LogP contribution in [0.5, 0.6) is 0 Å². The van der Waals surface area contributed by atoms with Crippen molar-refractivity contribution in [3.8, 4) is 0 Å². The Hall–Kier alpha value is -2.93. The predicted molar refractivity (Wildman–Crippen MR) is 124 cm³/mol. The highest BCUT2D eigenvalue weighted by Gasteiger charge is 2.31. The molecule has 10 nitrogen and oxygen atoms in total. The number of sulfonamides is 1. The molecule has 0 atom stereocenters. The van der Waals surface area contributed by atoms with Gasteiger partial charge in [-0.25, -0.2) is 13.2 Å². The first-order chi connectivity index (χ1) is 15.9. The number of fused-ring (bicyclic) bond motifs is 1. The van der Waals surface area contributed by atoms with E-state index < -0.39 is 16.0 Å². The molecule has 1 aliphatic heterocycles. The third-order valence-corrected chi connectivity index (χ3v) is 7.73. The van der Waals surface area contributed by atoms with Crippen LogP contribution in [0.2, 0.25) is 0 Å². The lowest BCUT2D eigenvalue weighted by Gasteiger charge is -2.33. The summed E-state index contributed by atoms with van der Waals surface area (Å²) in [7, 11) is -3.72. The Morgan fingerprint density at radius 1 is 1.06 bits per heavy atom. The number of esters is 1. The van der Waals surface area contributed by atoms with Gasteiger partial charge in [0, 0.05) is 26.2 Å². The summed E-state index contributed by atoms with van der Waals surface area (Å²) in [4.78, 5) is 26.7. The number of amides is 1. The van der Waals surface area contributed by atoms with Crippen molar-refractivity contribution in [2.45, 2.75) is 11.8 Å². The largest absolute Gasteiger partial charge is 0.462 e. The van der Waals surface area contributed by atoms with Crippen molar-refractivity contribution in [1.29, 1.82) is 0 Å². The lowest BCUT2D eigenvalue weighted by molar-refractivity contribution is -0.117. The zero-order chi connectivity index (χ0) is 23.4. The SMILES string of the molecule is CCOC(=O)c1ccccc1NC(=O)CN1CCN(S(=O)(=O)c2cccc3nsnc23)CC1. The number of benzene rings is 2. The summed E-state index contributed by atoms with van der Waals surface area (Å²) in [6.45, 7) is 3.34. The predicted octanol–water partition coefficient (Wildman–Crippen LogP) is 1.81. The minimum atomic E-state index is -3.72. The molecule has 1 N–H and O–H groups in total. The number of para-hydroxylation sites is 1. The monoisotopic (exact) mass is 489 g/mol. The van der Waals surface area contributed by atoms with E-state index >= 15 is 0 Å². The molecule has 12 heteroatoms. The Bertz CT molecular complexity index is 1270.